The number of hydrogen-bond donors (Lipinski definition) is 0. The fourth-order valence-corrected chi connectivity index (χ4v) is 4.31. The van der Waals surface area contributed by atoms with E-state index in [1.807, 2.05) is 0 Å². The van der Waals surface area contributed by atoms with Crippen molar-refractivity contribution in [3.05, 3.63) is 0 Å². The second-order valence-corrected chi connectivity index (χ2v) is 9.32. The summed E-state index contributed by atoms with van der Waals surface area (Å²) < 4.78 is 31.0. The van der Waals surface area contributed by atoms with Crippen LogP contribution in [-0.2, 0) is 19.7 Å². The van der Waals surface area contributed by atoms with Crippen LogP contribution in [0.2, 0.25) is 0 Å². The summed E-state index contributed by atoms with van der Waals surface area (Å²) >= 11 is 0. The molecule has 1 atom stereocenters. The summed E-state index contributed by atoms with van der Waals surface area (Å²) in [6.45, 7) is 2.21. The quantitative estimate of drug-likeness (QED) is 0.100. The van der Waals surface area contributed by atoms with Crippen LogP contribution in [0.1, 0.15) is 110 Å². The van der Waals surface area contributed by atoms with Gasteiger partial charge in [-0.25, -0.2) is 8.42 Å². The van der Waals surface area contributed by atoms with Gasteiger partial charge in [0, 0.05) is 12.4 Å². The smallest absolute Gasteiger partial charge is 0.747 e. The molecule has 0 saturated heterocycles. The van der Waals surface area contributed by atoms with Crippen molar-refractivity contribution < 1.29 is 121 Å². The number of unbranched alkanes of at least 4 members (excludes halogenated alkanes) is 13. The topological polar surface area (TPSA) is 137 Å². The molecule has 31 heavy (non-hydrogen) atoms. The van der Waals surface area contributed by atoms with Gasteiger partial charge in [0.15, 0.2) is 0 Å². The maximum atomic E-state index is 11.3. The number of carboxylic acids is 2. The van der Waals surface area contributed by atoms with Gasteiger partial charge in [0.1, 0.15) is 14.9 Å². The first-order valence-corrected chi connectivity index (χ1v) is 11.9. The van der Waals surface area contributed by atoms with Crippen LogP contribution in [0.4, 0.5) is 0 Å². The molecule has 166 valence electrons. The van der Waals surface area contributed by atoms with Crippen LogP contribution in [-0.4, -0.2) is 29.7 Å². The molecule has 0 aliphatic heterocycles. The normalized spacial score (nSPS) is 12.6. The largest absolute Gasteiger partial charge is 1.00 e. The van der Waals surface area contributed by atoms with E-state index in [4.69, 9.17) is 0 Å². The first-order chi connectivity index (χ1) is 13.2. The molecular formula is C20H35Na3O7S. The standard InChI is InChI=1S/C20H38O7S.3Na/c1-2-3-4-5-6-7-8-9-10-11-12-13-14-15-16-20(19(23)24,17-18(21)22)28(25,26)27;;;/h2-17H2,1H3,(H,21,22)(H,23,24)(H,25,26,27);;;/q;3*+1/p-3. The summed E-state index contributed by atoms with van der Waals surface area (Å²) in [7, 11) is -5.37. The minimum Gasteiger partial charge on any atom is -0.747 e. The number of hydrogen-bond acceptors (Lipinski definition) is 7. The van der Waals surface area contributed by atoms with Crippen molar-refractivity contribution in [1.29, 1.82) is 0 Å². The predicted molar refractivity (Wildman–Crippen MR) is 102 cm³/mol. The maximum absolute atomic E-state index is 11.3. The molecule has 0 radical (unpaired) electrons. The number of carboxylic acid groups (broad SMARTS) is 2. The van der Waals surface area contributed by atoms with Crippen LogP contribution >= 0.6 is 0 Å². The van der Waals surface area contributed by atoms with Gasteiger partial charge in [-0.1, -0.05) is 96.8 Å². The molecule has 11 heteroatoms. The van der Waals surface area contributed by atoms with Gasteiger partial charge in [0.05, 0.1) is 5.97 Å². The monoisotopic (exact) mass is 488 g/mol. The van der Waals surface area contributed by atoms with E-state index in [2.05, 4.69) is 6.92 Å². The fourth-order valence-electron chi connectivity index (χ4n) is 3.42. The van der Waals surface area contributed by atoms with Gasteiger partial charge in [-0.15, -0.1) is 0 Å². The predicted octanol–water partition coefficient (Wildman–Crippen LogP) is -6.96. The molecule has 0 rings (SSSR count). The van der Waals surface area contributed by atoms with Crippen molar-refractivity contribution in [2.45, 2.75) is 114 Å². The minimum absolute atomic E-state index is 0. The Bertz CT molecular complexity index is 559. The van der Waals surface area contributed by atoms with Gasteiger partial charge in [-0.05, 0) is 6.42 Å². The molecule has 0 amide bonds. The third-order valence-corrected chi connectivity index (χ3v) is 6.69. The van der Waals surface area contributed by atoms with Crippen molar-refractivity contribution in [1.82, 2.24) is 0 Å². The second-order valence-electron chi connectivity index (χ2n) is 7.63. The molecule has 0 aromatic carbocycles. The molecular weight excluding hydrogens is 453 g/mol. The first-order valence-electron chi connectivity index (χ1n) is 10.5. The van der Waals surface area contributed by atoms with Gasteiger partial charge in [-0.2, -0.15) is 0 Å². The molecule has 0 N–H and O–H groups in total. The van der Waals surface area contributed by atoms with Crippen LogP contribution < -0.4 is 98.9 Å². The molecule has 0 fully saturated rings. The second kappa shape index (κ2) is 23.6. The zero-order valence-corrected chi connectivity index (χ0v) is 26.9. The van der Waals surface area contributed by atoms with E-state index < -0.39 is 39.6 Å². The zero-order valence-electron chi connectivity index (χ0n) is 20.1. The van der Waals surface area contributed by atoms with Gasteiger partial charge in [-0.3, -0.25) is 0 Å². The SMILES string of the molecule is CCCCCCCCCCCCCCCCC(CC(=O)[O-])(C(=O)[O-])S(=O)(=O)[O-].[Na+].[Na+].[Na+]. The van der Waals surface area contributed by atoms with E-state index in [-0.39, 0.29) is 95.1 Å². The molecule has 7 nitrogen and oxygen atoms in total. The van der Waals surface area contributed by atoms with E-state index in [1.165, 1.54) is 51.4 Å². The summed E-state index contributed by atoms with van der Waals surface area (Å²) in [6.07, 6.45) is 12.9. The van der Waals surface area contributed by atoms with Gasteiger partial charge in [0.25, 0.3) is 0 Å². The molecule has 0 spiro atoms. The van der Waals surface area contributed by atoms with E-state index in [0.717, 1.165) is 25.7 Å². The average molecular weight is 489 g/mol. The third kappa shape index (κ3) is 18.8. The molecule has 1 unspecified atom stereocenters. The van der Waals surface area contributed by atoms with Crippen molar-refractivity contribution >= 4 is 22.1 Å². The van der Waals surface area contributed by atoms with Gasteiger partial charge < -0.3 is 24.4 Å². The molecule has 0 bridgehead atoms. The molecule has 0 aromatic rings. The van der Waals surface area contributed by atoms with Crippen molar-refractivity contribution in [2.24, 2.45) is 0 Å². The van der Waals surface area contributed by atoms with Crippen molar-refractivity contribution in [3.8, 4) is 0 Å². The van der Waals surface area contributed by atoms with Crippen LogP contribution in [0.25, 0.3) is 0 Å². The molecule has 0 aliphatic rings. The van der Waals surface area contributed by atoms with Crippen molar-refractivity contribution in [3.63, 3.8) is 0 Å². The summed E-state index contributed by atoms with van der Waals surface area (Å²) in [5.74, 6) is -4.06. The van der Waals surface area contributed by atoms with Crippen molar-refractivity contribution in [2.75, 3.05) is 0 Å². The molecule has 0 heterocycles. The summed E-state index contributed by atoms with van der Waals surface area (Å²) in [4.78, 5) is 21.9. The Morgan fingerprint density at radius 2 is 1.00 bits per heavy atom. The Balaban J connectivity index is -0.00000121. The van der Waals surface area contributed by atoms with E-state index >= 15 is 0 Å². The zero-order chi connectivity index (χ0) is 21.5. The van der Waals surface area contributed by atoms with Crippen LogP contribution in [0, 0.1) is 0 Å². The Kier molecular flexibility index (Phi) is 30.5. The van der Waals surface area contributed by atoms with E-state index in [9.17, 15) is 32.8 Å². The Morgan fingerprint density at radius 3 is 1.26 bits per heavy atom. The van der Waals surface area contributed by atoms with Crippen LogP contribution in [0.3, 0.4) is 0 Å². The summed E-state index contributed by atoms with van der Waals surface area (Å²) in [6, 6.07) is 0. The van der Waals surface area contributed by atoms with E-state index in [1.54, 1.807) is 0 Å². The summed E-state index contributed by atoms with van der Waals surface area (Å²) in [5.41, 5.74) is 0. The number of aliphatic carboxylic acids is 2. The van der Waals surface area contributed by atoms with E-state index in [0.29, 0.717) is 6.42 Å². The number of rotatable bonds is 19. The molecule has 0 saturated carbocycles. The Hall–Kier alpha value is 1.85. The van der Waals surface area contributed by atoms with Crippen LogP contribution in [0.15, 0.2) is 0 Å². The third-order valence-electron chi connectivity index (χ3n) is 5.21. The summed E-state index contributed by atoms with van der Waals surface area (Å²) in [5, 5.41) is 21.9. The average Bonchev–Trinajstić information content (AvgIpc) is 2.59. The molecule has 0 aromatic heterocycles. The molecule has 0 aliphatic carbocycles. The van der Waals surface area contributed by atoms with Crippen LogP contribution in [0.5, 0.6) is 0 Å². The Labute approximate surface area is 254 Å². The number of carbonyl (C=O) groups is 2. The number of carbonyl (C=O) groups excluding carboxylic acids is 2. The maximum Gasteiger partial charge on any atom is 1.00 e. The fraction of sp³-hybridized carbons (Fsp3) is 0.900. The van der Waals surface area contributed by atoms with Gasteiger partial charge in [0.2, 0.25) is 0 Å². The minimum atomic E-state index is -5.37. The Morgan fingerprint density at radius 1 is 0.677 bits per heavy atom. The first kappa shape index (κ1) is 40.0. The van der Waals surface area contributed by atoms with Gasteiger partial charge >= 0.3 is 88.7 Å².